The Balaban J connectivity index is 1.51. The summed E-state index contributed by atoms with van der Waals surface area (Å²) in [5.74, 6) is 0.859. The summed E-state index contributed by atoms with van der Waals surface area (Å²) in [6.07, 6.45) is 0.352. The molecule has 3 N–H and O–H groups in total. The van der Waals surface area contributed by atoms with E-state index in [9.17, 15) is 13.2 Å². The van der Waals surface area contributed by atoms with Gasteiger partial charge in [-0.15, -0.1) is 0 Å². The molecule has 10 nitrogen and oxygen atoms in total. The first-order valence-corrected chi connectivity index (χ1v) is 15.5. The third kappa shape index (κ3) is 7.67. The number of methoxy groups -OCH3 is 1. The van der Waals surface area contributed by atoms with Gasteiger partial charge in [0.2, 0.25) is 5.90 Å². The molecule has 0 fully saturated rings. The van der Waals surface area contributed by atoms with Crippen molar-refractivity contribution in [2.45, 2.75) is 42.7 Å². The molecule has 0 bridgehead atoms. The van der Waals surface area contributed by atoms with Crippen LogP contribution in [-0.2, 0) is 25.8 Å². The summed E-state index contributed by atoms with van der Waals surface area (Å²) in [5.41, 5.74) is 5.90. The van der Waals surface area contributed by atoms with Crippen LogP contribution in [0.1, 0.15) is 30.9 Å². The quantitative estimate of drug-likeness (QED) is 0.180. The van der Waals surface area contributed by atoms with E-state index in [2.05, 4.69) is 10.9 Å². The monoisotopic (exact) mass is 595 g/mol. The molecule has 2 atom stereocenters. The zero-order valence-corrected chi connectivity index (χ0v) is 24.6. The maximum Gasteiger partial charge on any atom is 0.266 e. The number of hydrogen-bond donors (Lipinski definition) is 3. The van der Waals surface area contributed by atoms with Crippen molar-refractivity contribution < 1.29 is 32.5 Å². The van der Waals surface area contributed by atoms with E-state index in [0.29, 0.717) is 37.3 Å². The second-order valence-electron chi connectivity index (χ2n) is 9.91. The summed E-state index contributed by atoms with van der Waals surface area (Å²) in [4.78, 5) is 18.6. The normalized spacial score (nSPS) is 18.2. The second-order valence-corrected chi connectivity index (χ2v) is 12.0. The number of ether oxygens (including phenoxy) is 3. The highest BCUT2D eigenvalue weighted by Crippen LogP contribution is 2.33. The van der Waals surface area contributed by atoms with Crippen LogP contribution >= 0.6 is 0 Å². The number of aliphatic hydroxyl groups is 1. The number of carbonyl (C=O) groups is 1. The van der Waals surface area contributed by atoms with Crippen LogP contribution in [0.2, 0.25) is 0 Å². The SMILES string of the molecule is COc1ccc(CCNNC(=O)[C@@]2(CCS(=O)(=O)c3ccccc3)N=C(c3ccc(OCCCO)cc3)O[C@H]2C)cc1. The molecule has 3 aromatic carbocycles. The average molecular weight is 596 g/mol. The number of aliphatic imine (C=N–C) groups is 1. The lowest BCUT2D eigenvalue weighted by Crippen LogP contribution is -2.55. The number of nitrogens with one attached hydrogen (secondary N) is 2. The van der Waals surface area contributed by atoms with Gasteiger partial charge in [-0.05, 0) is 73.9 Å². The minimum atomic E-state index is -3.68. The molecule has 0 saturated carbocycles. The molecule has 1 heterocycles. The van der Waals surface area contributed by atoms with Gasteiger partial charge in [-0.25, -0.2) is 18.8 Å². The Labute approximate surface area is 246 Å². The van der Waals surface area contributed by atoms with E-state index >= 15 is 0 Å². The van der Waals surface area contributed by atoms with Crippen molar-refractivity contribution in [2.24, 2.45) is 4.99 Å². The molecular formula is C31H37N3O7S. The highest BCUT2D eigenvalue weighted by molar-refractivity contribution is 7.91. The lowest BCUT2D eigenvalue weighted by molar-refractivity contribution is -0.129. The summed E-state index contributed by atoms with van der Waals surface area (Å²) < 4.78 is 43.1. The van der Waals surface area contributed by atoms with Crippen molar-refractivity contribution in [3.63, 3.8) is 0 Å². The van der Waals surface area contributed by atoms with Crippen LogP contribution in [0.3, 0.4) is 0 Å². The summed E-state index contributed by atoms with van der Waals surface area (Å²) in [6, 6.07) is 22.8. The number of benzene rings is 3. The Kier molecular flexibility index (Phi) is 10.6. The van der Waals surface area contributed by atoms with Crippen molar-refractivity contribution in [1.29, 1.82) is 0 Å². The molecule has 224 valence electrons. The Morgan fingerprint density at radius 1 is 1.02 bits per heavy atom. The van der Waals surface area contributed by atoms with Crippen molar-refractivity contribution in [3.8, 4) is 11.5 Å². The van der Waals surface area contributed by atoms with Gasteiger partial charge in [0, 0.05) is 25.1 Å². The van der Waals surface area contributed by atoms with Crippen LogP contribution < -0.4 is 20.3 Å². The number of hydrazine groups is 1. The Morgan fingerprint density at radius 3 is 2.38 bits per heavy atom. The molecule has 0 radical (unpaired) electrons. The molecule has 4 rings (SSSR count). The number of carbonyl (C=O) groups excluding carboxylic acids is 1. The highest BCUT2D eigenvalue weighted by atomic mass is 32.2. The van der Waals surface area contributed by atoms with Crippen LogP contribution in [0.5, 0.6) is 11.5 Å². The fourth-order valence-corrected chi connectivity index (χ4v) is 5.93. The molecule has 0 unspecified atom stereocenters. The van der Waals surface area contributed by atoms with Crippen LogP contribution in [0.25, 0.3) is 0 Å². The number of nitrogens with zero attached hydrogens (tertiary/aromatic N) is 1. The van der Waals surface area contributed by atoms with Crippen molar-refractivity contribution >= 4 is 21.6 Å². The van der Waals surface area contributed by atoms with Gasteiger partial charge in [-0.2, -0.15) is 0 Å². The Hall–Kier alpha value is -3.93. The van der Waals surface area contributed by atoms with Gasteiger partial charge >= 0.3 is 0 Å². The summed E-state index contributed by atoms with van der Waals surface area (Å²) >= 11 is 0. The number of sulfone groups is 1. The Morgan fingerprint density at radius 2 is 1.71 bits per heavy atom. The molecule has 3 aromatic rings. The summed E-state index contributed by atoms with van der Waals surface area (Å²) in [5, 5.41) is 8.96. The molecular weight excluding hydrogens is 558 g/mol. The van der Waals surface area contributed by atoms with E-state index in [1.54, 1.807) is 56.5 Å². The van der Waals surface area contributed by atoms with E-state index in [4.69, 9.17) is 24.3 Å². The van der Waals surface area contributed by atoms with Gasteiger partial charge in [0.15, 0.2) is 15.4 Å². The summed E-state index contributed by atoms with van der Waals surface area (Å²) in [6.45, 7) is 2.59. The molecule has 42 heavy (non-hydrogen) atoms. The lowest BCUT2D eigenvalue weighted by atomic mass is 9.90. The summed E-state index contributed by atoms with van der Waals surface area (Å²) in [7, 11) is -2.07. The van der Waals surface area contributed by atoms with Gasteiger partial charge in [0.1, 0.15) is 17.6 Å². The molecule has 11 heteroatoms. The predicted octanol–water partition coefficient (Wildman–Crippen LogP) is 3.09. The number of aliphatic hydroxyl groups excluding tert-OH is 1. The standard InChI is InChI=1S/C31H37N3O7S/c1-23-31(18-22-42(37,38)28-7-4-3-5-8-28,30(36)34-32-19-17-24-9-13-26(39-2)14-10-24)33-29(41-23)25-11-15-27(16-12-25)40-21-6-20-35/h3-5,7-16,23,32,35H,6,17-22H2,1-2H3,(H,34,36)/t23-,31-/m0/s1. The van der Waals surface area contributed by atoms with E-state index in [-0.39, 0.29) is 29.6 Å². The highest BCUT2D eigenvalue weighted by Gasteiger charge is 2.50. The largest absolute Gasteiger partial charge is 0.497 e. The molecule has 0 aliphatic carbocycles. The van der Waals surface area contributed by atoms with E-state index in [0.717, 1.165) is 11.3 Å². The van der Waals surface area contributed by atoms with Crippen LogP contribution in [0, 0.1) is 0 Å². The molecule has 0 saturated heterocycles. The fraction of sp³-hybridized carbons (Fsp3) is 0.355. The zero-order valence-electron chi connectivity index (χ0n) is 23.8. The second kappa shape index (κ2) is 14.3. The average Bonchev–Trinajstić information content (AvgIpc) is 3.36. The topological polar surface area (TPSA) is 136 Å². The number of rotatable bonds is 15. The van der Waals surface area contributed by atoms with Crippen molar-refractivity contribution in [3.05, 3.63) is 90.0 Å². The van der Waals surface area contributed by atoms with E-state index < -0.39 is 27.4 Å². The van der Waals surface area contributed by atoms with Gasteiger partial charge in [0.25, 0.3) is 5.91 Å². The predicted molar refractivity (Wildman–Crippen MR) is 159 cm³/mol. The molecule has 1 aliphatic rings. The number of amides is 1. The van der Waals surface area contributed by atoms with Gasteiger partial charge < -0.3 is 19.3 Å². The van der Waals surface area contributed by atoms with Gasteiger partial charge in [0.05, 0.1) is 24.4 Å². The van der Waals surface area contributed by atoms with Crippen molar-refractivity contribution in [1.82, 2.24) is 10.9 Å². The third-order valence-electron chi connectivity index (χ3n) is 7.08. The Bertz CT molecular complexity index is 1450. The number of hydrogen-bond acceptors (Lipinski definition) is 9. The fourth-order valence-electron chi connectivity index (χ4n) is 4.54. The van der Waals surface area contributed by atoms with Crippen LogP contribution in [0.4, 0.5) is 0 Å². The maximum absolute atomic E-state index is 13.7. The zero-order chi connectivity index (χ0) is 30.0. The lowest BCUT2D eigenvalue weighted by Gasteiger charge is -2.28. The van der Waals surface area contributed by atoms with E-state index in [1.807, 2.05) is 24.3 Å². The van der Waals surface area contributed by atoms with Crippen molar-refractivity contribution in [2.75, 3.05) is 32.6 Å². The first-order valence-electron chi connectivity index (χ1n) is 13.8. The minimum Gasteiger partial charge on any atom is -0.497 e. The molecule has 1 amide bonds. The molecule has 1 aliphatic heterocycles. The van der Waals surface area contributed by atoms with Crippen LogP contribution in [-0.4, -0.2) is 69.6 Å². The van der Waals surface area contributed by atoms with Gasteiger partial charge in [-0.3, -0.25) is 10.2 Å². The van der Waals surface area contributed by atoms with Gasteiger partial charge in [-0.1, -0.05) is 30.3 Å². The smallest absolute Gasteiger partial charge is 0.266 e. The first kappa shape index (κ1) is 31.0. The molecule has 0 spiro atoms. The minimum absolute atomic E-state index is 0.0428. The van der Waals surface area contributed by atoms with Crippen LogP contribution in [0.15, 0.2) is 88.8 Å². The third-order valence-corrected chi connectivity index (χ3v) is 8.81. The maximum atomic E-state index is 13.7. The van der Waals surface area contributed by atoms with E-state index in [1.165, 1.54) is 12.1 Å². The first-order chi connectivity index (χ1) is 20.3. The molecule has 0 aromatic heterocycles.